The molecule has 2 bridgehead atoms. The average molecular weight is 198 g/mol. The minimum Gasteiger partial charge on any atom is -0.465 e. The maximum absolute atomic E-state index is 10.7. The van der Waals surface area contributed by atoms with Gasteiger partial charge in [-0.1, -0.05) is 12.2 Å². The van der Waals surface area contributed by atoms with E-state index in [9.17, 15) is 4.79 Å². The Kier molecular flexibility index (Phi) is 2.56. The number of ether oxygens (including phenoxy) is 2. The Morgan fingerprint density at radius 2 is 2.07 bits per heavy atom. The van der Waals surface area contributed by atoms with Crippen molar-refractivity contribution in [2.75, 3.05) is 13.2 Å². The highest BCUT2D eigenvalue weighted by Gasteiger charge is 2.45. The molecule has 2 aliphatic heterocycles. The first-order valence-corrected chi connectivity index (χ1v) is 4.80. The number of carbonyl (C=O) groups is 1. The molecule has 1 fully saturated rings. The van der Waals surface area contributed by atoms with Gasteiger partial charge in [0.2, 0.25) is 0 Å². The summed E-state index contributed by atoms with van der Waals surface area (Å²) in [6.45, 7) is 1.81. The molecule has 0 saturated carbocycles. The van der Waals surface area contributed by atoms with E-state index in [0.29, 0.717) is 6.61 Å². The molecule has 2 rings (SSSR count). The van der Waals surface area contributed by atoms with Gasteiger partial charge < -0.3 is 14.6 Å². The van der Waals surface area contributed by atoms with Gasteiger partial charge in [-0.15, -0.1) is 0 Å². The summed E-state index contributed by atoms with van der Waals surface area (Å²) in [4.78, 5) is 10.7. The molecule has 0 aromatic rings. The molecule has 3 unspecified atom stereocenters. The van der Waals surface area contributed by atoms with Crippen LogP contribution in [0.4, 0.5) is 0 Å². The van der Waals surface area contributed by atoms with E-state index in [1.807, 2.05) is 12.2 Å². The number of esters is 1. The molecule has 2 heterocycles. The number of aliphatic hydroxyl groups is 1. The van der Waals surface area contributed by atoms with Crippen LogP contribution in [0.15, 0.2) is 12.2 Å². The van der Waals surface area contributed by atoms with Crippen LogP contribution in [-0.4, -0.2) is 36.5 Å². The molecule has 0 aromatic carbocycles. The zero-order valence-corrected chi connectivity index (χ0v) is 8.05. The second-order valence-electron chi connectivity index (χ2n) is 3.76. The maximum Gasteiger partial charge on any atom is 0.302 e. The Bertz CT molecular complexity index is 261. The first-order valence-electron chi connectivity index (χ1n) is 4.80. The quantitative estimate of drug-likeness (QED) is 0.516. The van der Waals surface area contributed by atoms with Crippen LogP contribution in [-0.2, 0) is 14.3 Å². The maximum atomic E-state index is 10.7. The fourth-order valence-electron chi connectivity index (χ4n) is 2.14. The first-order chi connectivity index (χ1) is 6.72. The minimum atomic E-state index is -0.284. The zero-order chi connectivity index (χ0) is 10.1. The number of hydrogen-bond donors (Lipinski definition) is 1. The summed E-state index contributed by atoms with van der Waals surface area (Å²) in [5, 5.41) is 9.17. The fraction of sp³-hybridized carbons (Fsp3) is 0.700. The zero-order valence-electron chi connectivity index (χ0n) is 8.05. The summed E-state index contributed by atoms with van der Waals surface area (Å²) < 4.78 is 10.5. The van der Waals surface area contributed by atoms with Crippen LogP contribution < -0.4 is 0 Å². The Morgan fingerprint density at radius 3 is 2.64 bits per heavy atom. The van der Waals surface area contributed by atoms with E-state index in [-0.39, 0.29) is 36.6 Å². The molecule has 78 valence electrons. The molecule has 0 amide bonds. The van der Waals surface area contributed by atoms with Crippen molar-refractivity contribution < 1.29 is 19.4 Å². The van der Waals surface area contributed by atoms with Gasteiger partial charge in [0.1, 0.15) is 0 Å². The lowest BCUT2D eigenvalue weighted by Crippen LogP contribution is -2.31. The summed E-state index contributed by atoms with van der Waals surface area (Å²) in [5.74, 6) is -0.100. The summed E-state index contributed by atoms with van der Waals surface area (Å²) in [6.07, 6.45) is 3.96. The first kappa shape index (κ1) is 9.68. The minimum absolute atomic E-state index is 0.00515. The van der Waals surface area contributed by atoms with Crippen molar-refractivity contribution in [3.63, 3.8) is 0 Å². The third kappa shape index (κ3) is 1.55. The molecule has 14 heavy (non-hydrogen) atoms. The summed E-state index contributed by atoms with van der Waals surface area (Å²) in [6, 6.07) is 0. The van der Waals surface area contributed by atoms with Crippen LogP contribution in [0.3, 0.4) is 0 Å². The van der Waals surface area contributed by atoms with Crippen molar-refractivity contribution in [2.45, 2.75) is 19.1 Å². The van der Waals surface area contributed by atoms with Gasteiger partial charge >= 0.3 is 5.97 Å². The van der Waals surface area contributed by atoms with Crippen molar-refractivity contribution in [2.24, 2.45) is 11.8 Å². The third-order valence-electron chi connectivity index (χ3n) is 2.89. The normalized spacial score (nSPS) is 39.0. The Balaban J connectivity index is 1.97. The molecule has 0 aromatic heterocycles. The van der Waals surface area contributed by atoms with Gasteiger partial charge in [-0.3, -0.25) is 4.79 Å². The Labute approximate surface area is 82.5 Å². The van der Waals surface area contributed by atoms with E-state index in [0.717, 1.165) is 0 Å². The van der Waals surface area contributed by atoms with E-state index in [2.05, 4.69) is 0 Å². The standard InChI is InChI=1S/C10H14O4/c1-6(12)13-5-8-7(4-11)9-2-3-10(8)14-9/h2-3,7-11H,4-5H2,1H3/t7?,8?,9?,10-/m1/s1. The van der Waals surface area contributed by atoms with Gasteiger partial charge in [0.25, 0.3) is 0 Å². The summed E-state index contributed by atoms with van der Waals surface area (Å²) >= 11 is 0. The molecule has 2 aliphatic rings. The van der Waals surface area contributed by atoms with Gasteiger partial charge in [-0.25, -0.2) is 0 Å². The number of carbonyl (C=O) groups excluding carboxylic acids is 1. The van der Waals surface area contributed by atoms with Crippen LogP contribution >= 0.6 is 0 Å². The Hall–Kier alpha value is -0.870. The van der Waals surface area contributed by atoms with E-state index in [1.54, 1.807) is 0 Å². The van der Waals surface area contributed by atoms with E-state index in [1.165, 1.54) is 6.92 Å². The highest BCUT2D eigenvalue weighted by atomic mass is 16.5. The van der Waals surface area contributed by atoms with Gasteiger partial charge in [-0.05, 0) is 0 Å². The lowest BCUT2D eigenvalue weighted by atomic mass is 9.84. The van der Waals surface area contributed by atoms with Crippen molar-refractivity contribution >= 4 is 5.97 Å². The van der Waals surface area contributed by atoms with Gasteiger partial charge in [-0.2, -0.15) is 0 Å². The SMILES string of the molecule is CC(=O)OCC1C(CO)C2C=C[C@H]1O2. The molecule has 1 saturated heterocycles. The monoisotopic (exact) mass is 198 g/mol. The molecule has 4 nitrogen and oxygen atoms in total. The number of hydrogen-bond acceptors (Lipinski definition) is 4. The molecule has 4 heteroatoms. The number of fused-ring (bicyclic) bond motifs is 2. The van der Waals surface area contributed by atoms with Gasteiger partial charge in [0.05, 0.1) is 18.8 Å². The lowest BCUT2D eigenvalue weighted by molar-refractivity contribution is -0.143. The van der Waals surface area contributed by atoms with E-state index in [4.69, 9.17) is 14.6 Å². The summed E-state index contributed by atoms with van der Waals surface area (Å²) in [7, 11) is 0. The molecule has 0 radical (unpaired) electrons. The number of aliphatic hydroxyl groups excluding tert-OH is 1. The topological polar surface area (TPSA) is 55.8 Å². The van der Waals surface area contributed by atoms with Crippen molar-refractivity contribution in [1.29, 1.82) is 0 Å². The van der Waals surface area contributed by atoms with Crippen LogP contribution in [0.25, 0.3) is 0 Å². The average Bonchev–Trinajstić information content (AvgIpc) is 2.72. The smallest absolute Gasteiger partial charge is 0.302 e. The van der Waals surface area contributed by atoms with Crippen LogP contribution in [0.2, 0.25) is 0 Å². The molecule has 0 aliphatic carbocycles. The van der Waals surface area contributed by atoms with Crippen LogP contribution in [0.5, 0.6) is 0 Å². The molecule has 1 N–H and O–H groups in total. The molecular weight excluding hydrogens is 184 g/mol. The lowest BCUT2D eigenvalue weighted by Gasteiger charge is -2.22. The van der Waals surface area contributed by atoms with Crippen molar-refractivity contribution in [3.05, 3.63) is 12.2 Å². The predicted octanol–water partition coefficient (Wildman–Crippen LogP) is 0.111. The van der Waals surface area contributed by atoms with Gasteiger partial charge in [0, 0.05) is 25.4 Å². The Morgan fingerprint density at radius 1 is 1.43 bits per heavy atom. The fourth-order valence-corrected chi connectivity index (χ4v) is 2.14. The van der Waals surface area contributed by atoms with Crippen LogP contribution in [0.1, 0.15) is 6.92 Å². The van der Waals surface area contributed by atoms with Crippen molar-refractivity contribution in [3.8, 4) is 0 Å². The highest BCUT2D eigenvalue weighted by Crippen LogP contribution is 2.38. The molecule has 0 spiro atoms. The number of rotatable bonds is 3. The van der Waals surface area contributed by atoms with E-state index < -0.39 is 0 Å². The predicted molar refractivity (Wildman–Crippen MR) is 48.5 cm³/mol. The largest absolute Gasteiger partial charge is 0.465 e. The second kappa shape index (κ2) is 3.71. The van der Waals surface area contributed by atoms with Gasteiger partial charge in [0.15, 0.2) is 0 Å². The molecule has 4 atom stereocenters. The second-order valence-corrected chi connectivity index (χ2v) is 3.76. The van der Waals surface area contributed by atoms with Crippen molar-refractivity contribution in [1.82, 2.24) is 0 Å². The molecular formula is C10H14O4. The van der Waals surface area contributed by atoms with Crippen LogP contribution in [0, 0.1) is 11.8 Å². The third-order valence-corrected chi connectivity index (χ3v) is 2.89. The summed E-state index contributed by atoms with van der Waals surface area (Å²) in [5.41, 5.74) is 0. The van der Waals surface area contributed by atoms with E-state index >= 15 is 0 Å². The highest BCUT2D eigenvalue weighted by molar-refractivity contribution is 5.65.